The topological polar surface area (TPSA) is 37.3 Å². The summed E-state index contributed by atoms with van der Waals surface area (Å²) in [4.78, 5) is 13.0. The maximum absolute atomic E-state index is 13.0. The molecule has 0 spiro atoms. The van der Waals surface area contributed by atoms with E-state index >= 15 is 0 Å². The van der Waals surface area contributed by atoms with E-state index in [1.807, 2.05) is 0 Å². The summed E-state index contributed by atoms with van der Waals surface area (Å²) in [5.74, 6) is 3.47. The van der Waals surface area contributed by atoms with Gasteiger partial charge in [-0.2, -0.15) is 0 Å². The zero-order valence-electron chi connectivity index (χ0n) is 20.9. The fourth-order valence-corrected chi connectivity index (χ4v) is 8.42. The van der Waals surface area contributed by atoms with Crippen LogP contribution in [0.4, 0.5) is 0 Å². The lowest BCUT2D eigenvalue weighted by molar-refractivity contribution is -0.127. The SMILES string of the molecule is CC(C)[C@H](C)/C=C/[C@@H](C)[C@H]1CC[C@@]2(C=O)C3=CC[C@H]4C[C@@H](O)CC[C@]4(C)[C@H]3CC[C@]12C. The maximum atomic E-state index is 13.0. The van der Waals surface area contributed by atoms with Crippen LogP contribution in [0.1, 0.15) is 92.9 Å². The summed E-state index contributed by atoms with van der Waals surface area (Å²) < 4.78 is 0. The first-order valence-electron chi connectivity index (χ1n) is 13.1. The molecule has 9 atom stereocenters. The largest absolute Gasteiger partial charge is 0.393 e. The highest BCUT2D eigenvalue weighted by atomic mass is 16.3. The molecule has 0 radical (unpaired) electrons. The van der Waals surface area contributed by atoms with Gasteiger partial charge in [0, 0.05) is 0 Å². The van der Waals surface area contributed by atoms with E-state index in [9.17, 15) is 9.90 Å². The van der Waals surface area contributed by atoms with Gasteiger partial charge in [0.1, 0.15) is 6.29 Å². The summed E-state index contributed by atoms with van der Waals surface area (Å²) >= 11 is 0. The summed E-state index contributed by atoms with van der Waals surface area (Å²) in [7, 11) is 0. The summed E-state index contributed by atoms with van der Waals surface area (Å²) in [5, 5.41) is 10.3. The third kappa shape index (κ3) is 3.42. The quantitative estimate of drug-likeness (QED) is 0.380. The van der Waals surface area contributed by atoms with E-state index in [2.05, 4.69) is 59.8 Å². The van der Waals surface area contributed by atoms with Crippen LogP contribution in [-0.2, 0) is 4.79 Å². The van der Waals surface area contributed by atoms with Gasteiger partial charge in [-0.1, -0.05) is 65.3 Å². The minimum atomic E-state index is -0.267. The van der Waals surface area contributed by atoms with E-state index < -0.39 is 0 Å². The molecule has 0 bridgehead atoms. The molecule has 31 heavy (non-hydrogen) atoms. The fraction of sp³-hybridized carbons (Fsp3) is 0.828. The van der Waals surface area contributed by atoms with Crippen molar-refractivity contribution in [3.05, 3.63) is 23.8 Å². The number of fused-ring (bicyclic) bond motifs is 5. The predicted octanol–water partition coefficient (Wildman–Crippen LogP) is 6.98. The van der Waals surface area contributed by atoms with E-state index in [0.29, 0.717) is 35.5 Å². The molecule has 0 aromatic carbocycles. The molecule has 2 nitrogen and oxygen atoms in total. The highest BCUT2D eigenvalue weighted by molar-refractivity contribution is 5.69. The first-order valence-corrected chi connectivity index (χ1v) is 13.1. The Kier molecular flexibility index (Phi) is 6.12. The van der Waals surface area contributed by atoms with Crippen LogP contribution < -0.4 is 0 Å². The van der Waals surface area contributed by atoms with Crippen molar-refractivity contribution >= 4 is 6.29 Å². The van der Waals surface area contributed by atoms with Crippen molar-refractivity contribution in [3.63, 3.8) is 0 Å². The molecule has 1 N–H and O–H groups in total. The Morgan fingerprint density at radius 1 is 1.03 bits per heavy atom. The number of aldehydes is 1. The van der Waals surface area contributed by atoms with Crippen LogP contribution in [0.2, 0.25) is 0 Å². The van der Waals surface area contributed by atoms with E-state index in [1.165, 1.54) is 31.1 Å². The van der Waals surface area contributed by atoms with Gasteiger partial charge in [-0.25, -0.2) is 0 Å². The number of hydrogen-bond acceptors (Lipinski definition) is 2. The van der Waals surface area contributed by atoms with Gasteiger partial charge in [-0.3, -0.25) is 0 Å². The van der Waals surface area contributed by atoms with Crippen molar-refractivity contribution in [3.8, 4) is 0 Å². The highest BCUT2D eigenvalue weighted by Gasteiger charge is 2.65. The lowest BCUT2D eigenvalue weighted by Gasteiger charge is -2.60. The monoisotopic (exact) mass is 426 g/mol. The molecular weight excluding hydrogens is 380 g/mol. The summed E-state index contributed by atoms with van der Waals surface area (Å²) in [6.45, 7) is 14.2. The van der Waals surface area contributed by atoms with E-state index in [1.54, 1.807) is 0 Å². The zero-order chi connectivity index (χ0) is 22.6. The number of carbonyl (C=O) groups excluding carboxylic acids is 1. The van der Waals surface area contributed by atoms with Crippen molar-refractivity contribution < 1.29 is 9.90 Å². The lowest BCUT2D eigenvalue weighted by Crippen LogP contribution is -2.55. The molecule has 2 heteroatoms. The molecule has 4 aliphatic carbocycles. The average Bonchev–Trinajstić information content (AvgIpc) is 3.05. The normalized spacial score (nSPS) is 46.8. The van der Waals surface area contributed by atoms with Crippen molar-refractivity contribution in [2.75, 3.05) is 0 Å². The van der Waals surface area contributed by atoms with Gasteiger partial charge in [-0.15, -0.1) is 0 Å². The number of allylic oxidation sites excluding steroid dienone is 4. The summed E-state index contributed by atoms with van der Waals surface area (Å²) in [6.07, 6.45) is 17.2. The molecule has 174 valence electrons. The van der Waals surface area contributed by atoms with Crippen LogP contribution in [0, 0.1) is 51.8 Å². The van der Waals surface area contributed by atoms with Crippen LogP contribution in [0.3, 0.4) is 0 Å². The van der Waals surface area contributed by atoms with Crippen LogP contribution >= 0.6 is 0 Å². The first-order chi connectivity index (χ1) is 14.6. The average molecular weight is 427 g/mol. The molecule has 0 saturated heterocycles. The van der Waals surface area contributed by atoms with Crippen molar-refractivity contribution in [1.29, 1.82) is 0 Å². The molecule has 0 unspecified atom stereocenters. The third-order valence-corrected chi connectivity index (χ3v) is 11.1. The summed E-state index contributed by atoms with van der Waals surface area (Å²) in [5.41, 5.74) is 1.56. The minimum absolute atomic E-state index is 0.0687. The number of hydrogen-bond donors (Lipinski definition) is 1. The van der Waals surface area contributed by atoms with Crippen molar-refractivity contribution in [2.24, 2.45) is 51.8 Å². The Balaban J connectivity index is 1.65. The molecule has 4 aliphatic rings. The van der Waals surface area contributed by atoms with E-state index in [0.717, 1.165) is 32.1 Å². The van der Waals surface area contributed by atoms with Crippen molar-refractivity contribution in [1.82, 2.24) is 0 Å². The van der Waals surface area contributed by atoms with Crippen LogP contribution in [0.5, 0.6) is 0 Å². The van der Waals surface area contributed by atoms with Gasteiger partial charge in [0.2, 0.25) is 0 Å². The Morgan fingerprint density at radius 2 is 1.77 bits per heavy atom. The van der Waals surface area contributed by atoms with Crippen molar-refractivity contribution in [2.45, 2.75) is 99.0 Å². The van der Waals surface area contributed by atoms with Gasteiger partial charge >= 0.3 is 0 Å². The van der Waals surface area contributed by atoms with Crippen LogP contribution in [0.25, 0.3) is 0 Å². The van der Waals surface area contributed by atoms with Gasteiger partial charge in [0.25, 0.3) is 0 Å². The van der Waals surface area contributed by atoms with Crippen LogP contribution in [0.15, 0.2) is 23.8 Å². The maximum Gasteiger partial charge on any atom is 0.130 e. The molecule has 3 fully saturated rings. The van der Waals surface area contributed by atoms with Gasteiger partial charge < -0.3 is 9.90 Å². The second-order valence-corrected chi connectivity index (χ2v) is 12.6. The number of carbonyl (C=O) groups is 1. The molecular formula is C29H46O2. The second-order valence-electron chi connectivity index (χ2n) is 12.6. The number of aliphatic hydroxyl groups is 1. The molecule has 0 heterocycles. The minimum Gasteiger partial charge on any atom is -0.393 e. The Bertz CT molecular complexity index is 750. The van der Waals surface area contributed by atoms with Gasteiger partial charge in [0.15, 0.2) is 0 Å². The van der Waals surface area contributed by atoms with Crippen LogP contribution in [-0.4, -0.2) is 17.5 Å². The Labute approximate surface area is 191 Å². The standard InChI is InChI=1S/C29H46O2/c1-19(2)20(3)7-8-21(4)24-13-16-29(18-30)26-10-9-22-17-23(31)11-14-27(22,5)25(26)12-15-28(24,29)6/h7-8,10,18-25,31H,9,11-17H2,1-6H3/b8-7+/t20-,21-,22+,23+,24-,25+,27+,28-,29-/m1/s1. The van der Waals surface area contributed by atoms with E-state index in [4.69, 9.17) is 0 Å². The Morgan fingerprint density at radius 3 is 2.45 bits per heavy atom. The lowest BCUT2D eigenvalue weighted by atomic mass is 9.43. The second kappa shape index (κ2) is 8.15. The molecule has 4 rings (SSSR count). The summed E-state index contributed by atoms with van der Waals surface area (Å²) in [6, 6.07) is 0. The number of rotatable bonds is 5. The number of aliphatic hydroxyl groups excluding tert-OH is 1. The zero-order valence-corrected chi connectivity index (χ0v) is 20.9. The Hall–Kier alpha value is -0.890. The first kappa shape index (κ1) is 23.3. The molecule has 0 amide bonds. The predicted molar refractivity (Wildman–Crippen MR) is 129 cm³/mol. The van der Waals surface area contributed by atoms with E-state index in [-0.39, 0.29) is 22.3 Å². The highest BCUT2D eigenvalue weighted by Crippen LogP contribution is 2.71. The smallest absolute Gasteiger partial charge is 0.130 e. The van der Waals surface area contributed by atoms with Gasteiger partial charge in [0.05, 0.1) is 11.5 Å². The molecule has 0 aliphatic heterocycles. The fourth-order valence-electron chi connectivity index (χ4n) is 8.42. The molecule has 3 saturated carbocycles. The molecule has 0 aromatic rings. The molecule has 0 aromatic heterocycles. The third-order valence-electron chi connectivity index (χ3n) is 11.1. The van der Waals surface area contributed by atoms with Gasteiger partial charge in [-0.05, 0) is 97.7 Å².